The summed E-state index contributed by atoms with van der Waals surface area (Å²) < 4.78 is 5.50. The maximum Gasteiger partial charge on any atom is 0.305 e. The van der Waals surface area contributed by atoms with Gasteiger partial charge in [0.1, 0.15) is 0 Å². The maximum absolute atomic E-state index is 12.5. The molecule has 0 aromatic rings. The molecule has 0 saturated carbocycles. The fourth-order valence-corrected chi connectivity index (χ4v) is 10.4. The first-order valence-corrected chi connectivity index (χ1v) is 33.1. The van der Waals surface area contributed by atoms with Gasteiger partial charge in [-0.2, -0.15) is 0 Å². The van der Waals surface area contributed by atoms with Gasteiger partial charge in [-0.1, -0.05) is 321 Å². The van der Waals surface area contributed by atoms with E-state index in [4.69, 9.17) is 4.74 Å². The minimum atomic E-state index is -0.847. The quantitative estimate of drug-likeness (QED) is 0.0320. The number of carbonyl (C=O) groups excluding carboxylic acids is 2. The molecule has 0 radical (unpaired) electrons. The maximum atomic E-state index is 12.5. The lowest BCUT2D eigenvalue weighted by Gasteiger charge is -2.20. The van der Waals surface area contributed by atoms with Crippen LogP contribution in [0.15, 0.2) is 24.3 Å². The smallest absolute Gasteiger partial charge is 0.305 e. The molecule has 0 aliphatic heterocycles. The Morgan fingerprint density at radius 1 is 0.370 bits per heavy atom. The van der Waals surface area contributed by atoms with Crippen molar-refractivity contribution in [3.05, 3.63) is 24.3 Å². The van der Waals surface area contributed by atoms with E-state index in [1.165, 1.54) is 295 Å². The van der Waals surface area contributed by atoms with E-state index in [1.54, 1.807) is 6.08 Å². The number of hydrogen-bond donors (Lipinski definition) is 3. The number of aliphatic hydroxyl groups is 2. The third-order valence-electron chi connectivity index (χ3n) is 15.5. The van der Waals surface area contributed by atoms with Gasteiger partial charge in [0, 0.05) is 12.8 Å². The summed E-state index contributed by atoms with van der Waals surface area (Å²) in [5.41, 5.74) is 0. The van der Waals surface area contributed by atoms with Crippen LogP contribution in [-0.2, 0) is 14.3 Å². The van der Waals surface area contributed by atoms with E-state index in [1.807, 2.05) is 6.08 Å². The van der Waals surface area contributed by atoms with E-state index in [9.17, 15) is 19.8 Å². The van der Waals surface area contributed by atoms with Gasteiger partial charge in [0.25, 0.3) is 0 Å². The average molecular weight is 1030 g/mol. The van der Waals surface area contributed by atoms with Crippen LogP contribution in [0.5, 0.6) is 0 Å². The summed E-state index contributed by atoms with van der Waals surface area (Å²) >= 11 is 0. The number of amides is 1. The minimum Gasteiger partial charge on any atom is -0.466 e. The van der Waals surface area contributed by atoms with Crippen molar-refractivity contribution >= 4 is 11.9 Å². The van der Waals surface area contributed by atoms with Gasteiger partial charge < -0.3 is 20.3 Å². The summed E-state index contributed by atoms with van der Waals surface area (Å²) in [6.45, 7) is 4.93. The lowest BCUT2D eigenvalue weighted by molar-refractivity contribution is -0.143. The standard InChI is InChI=1S/C67H129NO5/c1-3-5-7-9-11-13-15-17-19-21-24-27-31-35-39-43-47-51-55-59-65(70)64(63-69)68-66(71)60-56-52-48-44-40-36-32-28-25-23-26-30-34-38-42-46-50-54-58-62-73-67(72)61-57-53-49-45-41-37-33-29-22-20-18-16-14-12-10-8-6-4-2/h20,22,55,59,64-65,69-70H,3-19,21,23-54,56-58,60-63H2,1-2H3,(H,68,71)/b22-20-,59-55+. The Kier molecular flexibility index (Phi) is 61.4. The van der Waals surface area contributed by atoms with Crippen LogP contribution in [0.2, 0.25) is 0 Å². The van der Waals surface area contributed by atoms with E-state index < -0.39 is 12.1 Å². The van der Waals surface area contributed by atoms with E-state index >= 15 is 0 Å². The molecular weight excluding hydrogens is 899 g/mol. The van der Waals surface area contributed by atoms with Crippen LogP contribution in [0.3, 0.4) is 0 Å². The van der Waals surface area contributed by atoms with E-state index in [-0.39, 0.29) is 18.5 Å². The van der Waals surface area contributed by atoms with Gasteiger partial charge in [-0.05, 0) is 57.8 Å². The monoisotopic (exact) mass is 1030 g/mol. The molecule has 0 spiro atoms. The SMILES string of the molecule is CCCCCCCCC/C=C\CCCCCCCCCC(=O)OCCCCCCCCCCCCCCCCCCCCCC(=O)NC(CO)C(O)/C=C/CCCCCCCCCCCCCCCCCCC. The fourth-order valence-electron chi connectivity index (χ4n) is 10.4. The Balaban J connectivity index is 3.41. The van der Waals surface area contributed by atoms with Gasteiger partial charge in [0.2, 0.25) is 5.91 Å². The number of unbranched alkanes of at least 4 members (excludes halogenated alkanes) is 49. The zero-order valence-corrected chi connectivity index (χ0v) is 49.4. The number of carbonyl (C=O) groups is 2. The van der Waals surface area contributed by atoms with Crippen LogP contribution in [0.25, 0.3) is 0 Å². The Bertz CT molecular complexity index is 1140. The van der Waals surface area contributed by atoms with Gasteiger partial charge in [-0.25, -0.2) is 0 Å². The van der Waals surface area contributed by atoms with Crippen LogP contribution < -0.4 is 5.32 Å². The molecule has 0 aromatic carbocycles. The molecule has 0 aliphatic carbocycles. The normalized spacial score (nSPS) is 12.7. The Hall–Kier alpha value is -1.66. The highest BCUT2D eigenvalue weighted by molar-refractivity contribution is 5.76. The largest absolute Gasteiger partial charge is 0.466 e. The molecule has 1 amide bonds. The fraction of sp³-hybridized carbons (Fsp3) is 0.910. The van der Waals surface area contributed by atoms with Crippen molar-refractivity contribution in [1.29, 1.82) is 0 Å². The van der Waals surface area contributed by atoms with Crippen LogP contribution in [0.4, 0.5) is 0 Å². The van der Waals surface area contributed by atoms with Crippen LogP contribution in [-0.4, -0.2) is 47.4 Å². The minimum absolute atomic E-state index is 0.00616. The molecule has 0 fully saturated rings. The van der Waals surface area contributed by atoms with Crippen molar-refractivity contribution in [3.8, 4) is 0 Å². The second-order valence-corrected chi connectivity index (χ2v) is 22.8. The topological polar surface area (TPSA) is 95.9 Å². The summed E-state index contributed by atoms with van der Waals surface area (Å²) in [7, 11) is 0. The molecule has 0 rings (SSSR count). The van der Waals surface area contributed by atoms with Crippen LogP contribution in [0, 0.1) is 0 Å². The van der Waals surface area contributed by atoms with Gasteiger partial charge in [-0.3, -0.25) is 9.59 Å². The third kappa shape index (κ3) is 59.4. The molecular formula is C67H129NO5. The molecule has 0 aliphatic rings. The summed E-state index contributed by atoms with van der Waals surface area (Å²) in [5.74, 6) is -0.0615. The second kappa shape index (κ2) is 62.9. The molecule has 0 bridgehead atoms. The molecule has 3 N–H and O–H groups in total. The molecule has 2 atom stereocenters. The van der Waals surface area contributed by atoms with Gasteiger partial charge in [0.15, 0.2) is 0 Å². The average Bonchev–Trinajstić information content (AvgIpc) is 3.39. The Morgan fingerprint density at radius 3 is 0.973 bits per heavy atom. The highest BCUT2D eigenvalue weighted by atomic mass is 16.5. The van der Waals surface area contributed by atoms with Gasteiger partial charge in [-0.15, -0.1) is 0 Å². The van der Waals surface area contributed by atoms with Crippen molar-refractivity contribution in [2.75, 3.05) is 13.2 Å². The van der Waals surface area contributed by atoms with E-state index in [0.29, 0.717) is 19.4 Å². The third-order valence-corrected chi connectivity index (χ3v) is 15.5. The molecule has 432 valence electrons. The van der Waals surface area contributed by atoms with Gasteiger partial charge in [0.05, 0.1) is 25.4 Å². The lowest BCUT2D eigenvalue weighted by Crippen LogP contribution is -2.45. The molecule has 0 aromatic heterocycles. The van der Waals surface area contributed by atoms with E-state index in [0.717, 1.165) is 44.9 Å². The first-order valence-electron chi connectivity index (χ1n) is 33.1. The lowest BCUT2D eigenvalue weighted by atomic mass is 10.0. The first-order chi connectivity index (χ1) is 36.0. The Morgan fingerprint density at radius 2 is 0.644 bits per heavy atom. The molecule has 2 unspecified atom stereocenters. The van der Waals surface area contributed by atoms with Crippen molar-refractivity contribution in [2.24, 2.45) is 0 Å². The number of hydrogen-bond acceptors (Lipinski definition) is 5. The van der Waals surface area contributed by atoms with Crippen LogP contribution >= 0.6 is 0 Å². The van der Waals surface area contributed by atoms with Crippen molar-refractivity contribution in [3.63, 3.8) is 0 Å². The molecule has 0 saturated heterocycles. The number of nitrogens with one attached hydrogen (secondary N) is 1. The number of rotatable bonds is 62. The summed E-state index contributed by atoms with van der Waals surface area (Å²) in [4.78, 5) is 24.6. The predicted molar refractivity (Wildman–Crippen MR) is 320 cm³/mol. The Labute approximate surface area is 456 Å². The zero-order valence-electron chi connectivity index (χ0n) is 49.4. The molecule has 6 heteroatoms. The second-order valence-electron chi connectivity index (χ2n) is 22.8. The van der Waals surface area contributed by atoms with Crippen LogP contribution in [0.1, 0.15) is 367 Å². The summed E-state index contributed by atoms with van der Waals surface area (Å²) in [6, 6.07) is -0.631. The highest BCUT2D eigenvalue weighted by Gasteiger charge is 2.18. The first kappa shape index (κ1) is 71.3. The zero-order chi connectivity index (χ0) is 52.9. The van der Waals surface area contributed by atoms with Crippen molar-refractivity contribution in [1.82, 2.24) is 5.32 Å². The number of ether oxygens (including phenoxy) is 1. The van der Waals surface area contributed by atoms with E-state index in [2.05, 4.69) is 31.3 Å². The molecule has 73 heavy (non-hydrogen) atoms. The highest BCUT2D eigenvalue weighted by Crippen LogP contribution is 2.18. The summed E-state index contributed by atoms with van der Waals surface area (Å²) in [5, 5.41) is 23.2. The predicted octanol–water partition coefficient (Wildman–Crippen LogP) is 21.0. The van der Waals surface area contributed by atoms with Gasteiger partial charge >= 0.3 is 5.97 Å². The van der Waals surface area contributed by atoms with Crippen molar-refractivity contribution in [2.45, 2.75) is 379 Å². The number of aliphatic hydroxyl groups excluding tert-OH is 2. The number of esters is 1. The van der Waals surface area contributed by atoms with Crippen molar-refractivity contribution < 1.29 is 24.5 Å². The summed E-state index contributed by atoms with van der Waals surface area (Å²) in [6.07, 6.45) is 78.0. The number of allylic oxidation sites excluding steroid dienone is 3. The molecule has 6 nitrogen and oxygen atoms in total. The molecule has 0 heterocycles.